The van der Waals surface area contributed by atoms with Crippen LogP contribution >= 0.6 is 0 Å². The Morgan fingerprint density at radius 3 is 2.27 bits per heavy atom. The third kappa shape index (κ3) is 4.22. The molecule has 0 aliphatic carbocycles. The first-order valence-electron chi connectivity index (χ1n) is 8.42. The molecule has 0 saturated heterocycles. The van der Waals surface area contributed by atoms with E-state index in [2.05, 4.69) is 24.8 Å². The van der Waals surface area contributed by atoms with E-state index < -0.39 is 5.97 Å². The minimum Gasteiger partial charge on any atom is -0.496 e. The van der Waals surface area contributed by atoms with Crippen molar-refractivity contribution in [2.45, 2.75) is 13.8 Å². The summed E-state index contributed by atoms with van der Waals surface area (Å²) in [5, 5.41) is 18.5. The third-order valence-electron chi connectivity index (χ3n) is 4.21. The Bertz CT molecular complexity index is 845. The van der Waals surface area contributed by atoms with Crippen LogP contribution in [0.3, 0.4) is 0 Å². The van der Waals surface area contributed by atoms with E-state index in [0.29, 0.717) is 16.9 Å². The Morgan fingerprint density at radius 2 is 1.77 bits per heavy atom. The number of hydrogen-bond donors (Lipinski definition) is 1. The molecule has 0 aliphatic rings. The lowest BCUT2D eigenvalue weighted by molar-refractivity contribution is 0.0697. The number of rotatable bonds is 7. The van der Waals surface area contributed by atoms with Crippen molar-refractivity contribution in [2.75, 3.05) is 25.1 Å². The number of carbonyl (C=O) groups is 1. The number of anilines is 1. The summed E-state index contributed by atoms with van der Waals surface area (Å²) in [5.74, 6) is -0.308. The van der Waals surface area contributed by atoms with Crippen molar-refractivity contribution in [1.29, 1.82) is 5.26 Å². The summed E-state index contributed by atoms with van der Waals surface area (Å²) in [7, 11) is 1.60. The van der Waals surface area contributed by atoms with Gasteiger partial charge in [-0.1, -0.05) is 12.1 Å². The van der Waals surface area contributed by atoms with E-state index in [4.69, 9.17) is 9.84 Å². The van der Waals surface area contributed by atoms with E-state index >= 15 is 0 Å². The average Bonchev–Trinajstić information content (AvgIpc) is 2.67. The number of carboxylic acids is 1. The number of aromatic carboxylic acids is 1. The van der Waals surface area contributed by atoms with Crippen LogP contribution in [0.5, 0.6) is 5.75 Å². The minimum absolute atomic E-state index is 0.187. The molecule has 26 heavy (non-hydrogen) atoms. The molecule has 0 unspecified atom stereocenters. The van der Waals surface area contributed by atoms with Gasteiger partial charge >= 0.3 is 5.97 Å². The molecule has 0 spiro atoms. The van der Waals surface area contributed by atoms with E-state index in [-0.39, 0.29) is 5.56 Å². The molecule has 0 aliphatic heterocycles. The molecule has 0 atom stereocenters. The van der Waals surface area contributed by atoms with Gasteiger partial charge in [0.2, 0.25) is 0 Å². The number of carboxylic acid groups (broad SMARTS) is 1. The SMILES string of the molecule is CCN(CC)c1ccc(C=C(C#N)c2ccc(C(=O)O)cc2)c(OC)c1. The Hall–Kier alpha value is -3.26. The first kappa shape index (κ1) is 19.1. The van der Waals surface area contributed by atoms with Crippen LogP contribution in [0.15, 0.2) is 42.5 Å². The van der Waals surface area contributed by atoms with Crippen LogP contribution in [0, 0.1) is 11.3 Å². The highest BCUT2D eigenvalue weighted by atomic mass is 16.5. The van der Waals surface area contributed by atoms with Crippen molar-refractivity contribution in [3.63, 3.8) is 0 Å². The van der Waals surface area contributed by atoms with Crippen LogP contribution in [-0.4, -0.2) is 31.3 Å². The predicted octanol–water partition coefficient (Wildman–Crippen LogP) is 4.30. The largest absolute Gasteiger partial charge is 0.496 e. The van der Waals surface area contributed by atoms with Gasteiger partial charge in [-0.2, -0.15) is 5.26 Å². The van der Waals surface area contributed by atoms with E-state index in [0.717, 1.165) is 24.3 Å². The molecule has 2 aromatic rings. The van der Waals surface area contributed by atoms with Crippen LogP contribution in [0.25, 0.3) is 11.6 Å². The molecule has 0 heterocycles. The van der Waals surface area contributed by atoms with Crippen molar-refractivity contribution >= 4 is 23.3 Å². The van der Waals surface area contributed by atoms with Gasteiger partial charge in [0, 0.05) is 30.4 Å². The summed E-state index contributed by atoms with van der Waals surface area (Å²) in [6, 6.07) is 14.3. The topological polar surface area (TPSA) is 73.6 Å². The zero-order valence-electron chi connectivity index (χ0n) is 15.2. The summed E-state index contributed by atoms with van der Waals surface area (Å²) in [5.41, 5.74) is 3.14. The van der Waals surface area contributed by atoms with Gasteiger partial charge in [-0.05, 0) is 49.8 Å². The van der Waals surface area contributed by atoms with Gasteiger partial charge in [0.05, 0.1) is 24.3 Å². The van der Waals surface area contributed by atoms with Gasteiger partial charge in [-0.3, -0.25) is 0 Å². The molecule has 2 rings (SSSR count). The zero-order valence-corrected chi connectivity index (χ0v) is 15.2. The van der Waals surface area contributed by atoms with E-state index in [9.17, 15) is 10.1 Å². The molecule has 1 N–H and O–H groups in total. The second-order valence-corrected chi connectivity index (χ2v) is 5.65. The van der Waals surface area contributed by atoms with Crippen molar-refractivity contribution in [3.05, 3.63) is 59.2 Å². The Morgan fingerprint density at radius 1 is 1.15 bits per heavy atom. The summed E-state index contributed by atoms with van der Waals surface area (Å²) >= 11 is 0. The maximum atomic E-state index is 11.0. The Kier molecular flexibility index (Phi) is 6.40. The number of ether oxygens (including phenoxy) is 1. The van der Waals surface area contributed by atoms with Crippen molar-refractivity contribution in [1.82, 2.24) is 0 Å². The predicted molar refractivity (Wildman–Crippen MR) is 103 cm³/mol. The van der Waals surface area contributed by atoms with Gasteiger partial charge in [-0.15, -0.1) is 0 Å². The van der Waals surface area contributed by atoms with Crippen molar-refractivity contribution in [2.24, 2.45) is 0 Å². The molecule has 0 fully saturated rings. The smallest absolute Gasteiger partial charge is 0.335 e. The van der Waals surface area contributed by atoms with Crippen molar-refractivity contribution in [3.8, 4) is 11.8 Å². The molecule has 0 aromatic heterocycles. The van der Waals surface area contributed by atoms with Gasteiger partial charge in [0.15, 0.2) is 0 Å². The quantitative estimate of drug-likeness (QED) is 0.595. The third-order valence-corrected chi connectivity index (χ3v) is 4.21. The number of methoxy groups -OCH3 is 1. The lowest BCUT2D eigenvalue weighted by Crippen LogP contribution is -2.21. The Balaban J connectivity index is 2.42. The molecular weight excluding hydrogens is 328 g/mol. The highest BCUT2D eigenvalue weighted by Gasteiger charge is 2.10. The van der Waals surface area contributed by atoms with Crippen LogP contribution in [-0.2, 0) is 0 Å². The van der Waals surface area contributed by atoms with Gasteiger partial charge < -0.3 is 14.7 Å². The number of benzene rings is 2. The number of hydrogen-bond acceptors (Lipinski definition) is 4. The second-order valence-electron chi connectivity index (χ2n) is 5.65. The average molecular weight is 350 g/mol. The molecular formula is C21H22N2O3. The molecule has 0 amide bonds. The molecule has 2 aromatic carbocycles. The minimum atomic E-state index is -0.993. The molecule has 134 valence electrons. The van der Waals surface area contributed by atoms with Gasteiger partial charge in [0.25, 0.3) is 0 Å². The monoisotopic (exact) mass is 350 g/mol. The fourth-order valence-corrected chi connectivity index (χ4v) is 2.73. The van der Waals surface area contributed by atoms with Crippen molar-refractivity contribution < 1.29 is 14.6 Å². The highest BCUT2D eigenvalue weighted by Crippen LogP contribution is 2.29. The number of nitrogens with zero attached hydrogens (tertiary/aromatic N) is 2. The molecule has 0 bridgehead atoms. The van der Waals surface area contributed by atoms with Crippen LogP contribution < -0.4 is 9.64 Å². The summed E-state index contributed by atoms with van der Waals surface area (Å²) in [6.45, 7) is 5.99. The molecule has 5 nitrogen and oxygen atoms in total. The molecule has 0 radical (unpaired) electrons. The van der Waals surface area contributed by atoms with Crippen LogP contribution in [0.4, 0.5) is 5.69 Å². The van der Waals surface area contributed by atoms with E-state index in [1.165, 1.54) is 12.1 Å². The van der Waals surface area contributed by atoms with Crippen LogP contribution in [0.1, 0.15) is 35.3 Å². The summed E-state index contributed by atoms with van der Waals surface area (Å²) in [6.07, 6.45) is 1.75. The van der Waals surface area contributed by atoms with E-state index in [1.54, 1.807) is 25.3 Å². The first-order valence-corrected chi connectivity index (χ1v) is 8.42. The zero-order chi connectivity index (χ0) is 19.1. The summed E-state index contributed by atoms with van der Waals surface area (Å²) in [4.78, 5) is 13.2. The fourth-order valence-electron chi connectivity index (χ4n) is 2.73. The standard InChI is InChI=1S/C21H22N2O3/c1-4-23(5-2)19-11-10-17(20(13-19)26-3)12-18(14-22)15-6-8-16(9-7-15)21(24)25/h6-13H,4-5H2,1-3H3,(H,24,25). The maximum absolute atomic E-state index is 11.0. The van der Waals surface area contributed by atoms with Gasteiger partial charge in [0.1, 0.15) is 5.75 Å². The van der Waals surface area contributed by atoms with E-state index in [1.807, 2.05) is 18.2 Å². The second kappa shape index (κ2) is 8.72. The maximum Gasteiger partial charge on any atom is 0.335 e. The molecule has 5 heteroatoms. The molecule has 0 saturated carbocycles. The lowest BCUT2D eigenvalue weighted by atomic mass is 10.0. The number of allylic oxidation sites excluding steroid dienone is 1. The summed E-state index contributed by atoms with van der Waals surface area (Å²) < 4.78 is 5.50. The van der Waals surface area contributed by atoms with Gasteiger partial charge in [-0.25, -0.2) is 4.79 Å². The Labute approximate surface area is 153 Å². The number of nitriles is 1. The fraction of sp³-hybridized carbons (Fsp3) is 0.238. The lowest BCUT2D eigenvalue weighted by Gasteiger charge is -2.22. The van der Waals surface area contributed by atoms with Crippen LogP contribution in [0.2, 0.25) is 0 Å². The normalized spacial score (nSPS) is 10.9. The first-order chi connectivity index (χ1) is 12.5. The highest BCUT2D eigenvalue weighted by molar-refractivity contribution is 5.93.